The number of amides is 3. The average molecular weight is 424 g/mol. The maximum Gasteiger partial charge on any atom is 0.245 e. The van der Waals surface area contributed by atoms with Gasteiger partial charge in [0.25, 0.3) is 0 Å². The fourth-order valence-corrected chi connectivity index (χ4v) is 5.75. The van der Waals surface area contributed by atoms with Gasteiger partial charge in [0.05, 0.1) is 30.6 Å². The maximum atomic E-state index is 13.7. The summed E-state index contributed by atoms with van der Waals surface area (Å²) in [6.07, 6.45) is 4.42. The third-order valence-electron chi connectivity index (χ3n) is 6.96. The number of hydrogen-bond acceptors (Lipinski definition) is 5. The Balaban J connectivity index is 1.95. The lowest BCUT2D eigenvalue weighted by Gasteiger charge is -2.37. The first-order valence-corrected chi connectivity index (χ1v) is 11.4. The van der Waals surface area contributed by atoms with Crippen molar-refractivity contribution in [2.24, 2.45) is 17.8 Å². The lowest BCUT2D eigenvalue weighted by molar-refractivity contribution is -0.146. The van der Waals surface area contributed by atoms with Gasteiger partial charge in [-0.3, -0.25) is 14.4 Å². The summed E-state index contributed by atoms with van der Waals surface area (Å²) >= 11 is 0. The molecule has 3 rings (SSSR count). The molecule has 170 valence electrons. The SMILES string of the molecule is CCCCCNC(=O)C1N([C@@H](CO)CC(C)C)C(=O)[C@@H]2[C@H](C(=O)NC)[C@@H]3CCC12O3. The lowest BCUT2D eigenvalue weighted by Crippen LogP contribution is -2.58. The number of ether oxygens (including phenoxy) is 1. The minimum atomic E-state index is -0.988. The van der Waals surface area contributed by atoms with Crippen LogP contribution in [0.25, 0.3) is 0 Å². The molecule has 0 aromatic carbocycles. The zero-order chi connectivity index (χ0) is 22.1. The van der Waals surface area contributed by atoms with Gasteiger partial charge in [-0.25, -0.2) is 0 Å². The van der Waals surface area contributed by atoms with E-state index in [1.807, 2.05) is 13.8 Å². The van der Waals surface area contributed by atoms with Crippen molar-refractivity contribution >= 4 is 17.7 Å². The Bertz CT molecular complexity index is 669. The van der Waals surface area contributed by atoms with Crippen molar-refractivity contribution in [3.63, 3.8) is 0 Å². The van der Waals surface area contributed by atoms with Gasteiger partial charge in [-0.15, -0.1) is 0 Å². The molecule has 3 fully saturated rings. The molecule has 1 spiro atoms. The van der Waals surface area contributed by atoms with Gasteiger partial charge in [0.15, 0.2) is 0 Å². The van der Waals surface area contributed by atoms with E-state index in [9.17, 15) is 19.5 Å². The van der Waals surface area contributed by atoms with Crippen LogP contribution in [0.2, 0.25) is 0 Å². The summed E-state index contributed by atoms with van der Waals surface area (Å²) in [4.78, 5) is 41.2. The van der Waals surface area contributed by atoms with Crippen molar-refractivity contribution < 1.29 is 24.2 Å². The Labute approximate surface area is 179 Å². The first-order chi connectivity index (χ1) is 14.3. The molecular weight excluding hydrogens is 386 g/mol. The number of hydrogen-bond donors (Lipinski definition) is 3. The summed E-state index contributed by atoms with van der Waals surface area (Å²) in [5.41, 5.74) is -0.988. The molecule has 3 aliphatic heterocycles. The molecule has 8 heteroatoms. The predicted octanol–water partition coefficient (Wildman–Crippen LogP) is 0.820. The highest BCUT2D eigenvalue weighted by Crippen LogP contribution is 2.58. The molecule has 3 heterocycles. The molecule has 30 heavy (non-hydrogen) atoms. The van der Waals surface area contributed by atoms with Gasteiger partial charge in [0, 0.05) is 13.6 Å². The Hall–Kier alpha value is -1.67. The van der Waals surface area contributed by atoms with Gasteiger partial charge in [0.2, 0.25) is 17.7 Å². The number of rotatable bonds is 10. The Morgan fingerprint density at radius 3 is 2.63 bits per heavy atom. The molecule has 3 aliphatic rings. The van der Waals surface area contributed by atoms with Crippen LogP contribution in [0, 0.1) is 17.8 Å². The lowest BCUT2D eigenvalue weighted by atomic mass is 9.70. The number of fused-ring (bicyclic) bond motifs is 1. The number of nitrogens with zero attached hydrogens (tertiary/aromatic N) is 1. The Morgan fingerprint density at radius 1 is 1.30 bits per heavy atom. The summed E-state index contributed by atoms with van der Waals surface area (Å²) in [6.45, 7) is 6.47. The minimum absolute atomic E-state index is 0.215. The summed E-state index contributed by atoms with van der Waals surface area (Å²) in [5, 5.41) is 15.8. The van der Waals surface area contributed by atoms with Crippen LogP contribution in [0.4, 0.5) is 0 Å². The normalized spacial score (nSPS) is 33.1. The number of carbonyl (C=O) groups excluding carboxylic acids is 3. The largest absolute Gasteiger partial charge is 0.394 e. The fraction of sp³-hybridized carbons (Fsp3) is 0.864. The highest BCUT2D eigenvalue weighted by atomic mass is 16.5. The number of likely N-dealkylation sites (tertiary alicyclic amines) is 1. The van der Waals surface area contributed by atoms with Gasteiger partial charge < -0.3 is 25.4 Å². The fourth-order valence-electron chi connectivity index (χ4n) is 5.75. The van der Waals surface area contributed by atoms with E-state index in [0.717, 1.165) is 19.3 Å². The summed E-state index contributed by atoms with van der Waals surface area (Å²) in [6, 6.07) is -1.29. The van der Waals surface area contributed by atoms with E-state index in [1.165, 1.54) is 0 Å². The standard InChI is InChI=1S/C22H37N3O5/c1-5-6-7-10-24-20(28)18-22-9-8-15(30-22)16(19(27)23-4)17(22)21(29)25(18)14(12-26)11-13(2)3/h13-18,26H,5-12H2,1-4H3,(H,23,27)(H,24,28)/t14-,15+,16-,17+,18?,22?/m1/s1. The van der Waals surface area contributed by atoms with Crippen LogP contribution in [0.1, 0.15) is 59.3 Å². The molecule has 3 N–H and O–H groups in total. The molecule has 0 aromatic rings. The molecule has 2 unspecified atom stereocenters. The first-order valence-electron chi connectivity index (χ1n) is 11.4. The van der Waals surface area contributed by atoms with Gasteiger partial charge in [-0.2, -0.15) is 0 Å². The van der Waals surface area contributed by atoms with E-state index in [0.29, 0.717) is 25.8 Å². The van der Waals surface area contributed by atoms with E-state index < -0.39 is 29.5 Å². The van der Waals surface area contributed by atoms with Gasteiger partial charge in [-0.1, -0.05) is 33.6 Å². The average Bonchev–Trinajstić information content (AvgIpc) is 3.36. The first kappa shape index (κ1) is 23.0. The van der Waals surface area contributed by atoms with Crippen molar-refractivity contribution in [3.05, 3.63) is 0 Å². The smallest absolute Gasteiger partial charge is 0.245 e. The van der Waals surface area contributed by atoms with E-state index in [2.05, 4.69) is 17.6 Å². The highest BCUT2D eigenvalue weighted by Gasteiger charge is 2.74. The van der Waals surface area contributed by atoms with Crippen molar-refractivity contribution in [2.75, 3.05) is 20.2 Å². The molecule has 0 aromatic heterocycles. The molecule has 0 saturated carbocycles. The summed E-state index contributed by atoms with van der Waals surface area (Å²) < 4.78 is 6.32. The van der Waals surface area contributed by atoms with E-state index in [4.69, 9.17) is 4.74 Å². The molecule has 3 saturated heterocycles. The van der Waals surface area contributed by atoms with Crippen LogP contribution in [-0.2, 0) is 19.1 Å². The zero-order valence-corrected chi connectivity index (χ0v) is 18.6. The number of carbonyl (C=O) groups is 3. The van der Waals surface area contributed by atoms with Crippen LogP contribution in [-0.4, -0.2) is 71.7 Å². The second-order valence-electron chi connectivity index (χ2n) is 9.38. The number of unbranched alkanes of at least 4 members (excludes halogenated alkanes) is 2. The van der Waals surface area contributed by atoms with Crippen LogP contribution < -0.4 is 10.6 Å². The topological polar surface area (TPSA) is 108 Å². The van der Waals surface area contributed by atoms with Crippen LogP contribution in [0.5, 0.6) is 0 Å². The molecule has 6 atom stereocenters. The number of aliphatic hydroxyl groups is 1. The quantitative estimate of drug-likeness (QED) is 0.451. The second-order valence-corrected chi connectivity index (χ2v) is 9.38. The van der Waals surface area contributed by atoms with Crippen molar-refractivity contribution in [2.45, 2.75) is 83.1 Å². The van der Waals surface area contributed by atoms with E-state index in [1.54, 1.807) is 11.9 Å². The van der Waals surface area contributed by atoms with E-state index in [-0.39, 0.29) is 36.4 Å². The molecule has 3 amide bonds. The van der Waals surface area contributed by atoms with Crippen LogP contribution in [0.15, 0.2) is 0 Å². The van der Waals surface area contributed by atoms with Gasteiger partial charge in [-0.05, 0) is 31.6 Å². The summed E-state index contributed by atoms with van der Waals surface area (Å²) in [7, 11) is 1.56. The van der Waals surface area contributed by atoms with Gasteiger partial charge >= 0.3 is 0 Å². The Morgan fingerprint density at radius 2 is 2.03 bits per heavy atom. The molecule has 0 aliphatic carbocycles. The minimum Gasteiger partial charge on any atom is -0.394 e. The van der Waals surface area contributed by atoms with Crippen LogP contribution in [0.3, 0.4) is 0 Å². The third-order valence-corrected chi connectivity index (χ3v) is 6.96. The van der Waals surface area contributed by atoms with Gasteiger partial charge in [0.1, 0.15) is 11.6 Å². The molecular formula is C22H37N3O5. The maximum absolute atomic E-state index is 13.7. The van der Waals surface area contributed by atoms with Crippen molar-refractivity contribution in [1.82, 2.24) is 15.5 Å². The van der Waals surface area contributed by atoms with Crippen molar-refractivity contribution in [1.29, 1.82) is 0 Å². The molecule has 0 radical (unpaired) electrons. The Kier molecular flexibility index (Phi) is 7.07. The van der Waals surface area contributed by atoms with Crippen molar-refractivity contribution in [3.8, 4) is 0 Å². The molecule has 2 bridgehead atoms. The number of nitrogens with one attached hydrogen (secondary N) is 2. The molecule has 8 nitrogen and oxygen atoms in total. The number of aliphatic hydroxyl groups excluding tert-OH is 1. The summed E-state index contributed by atoms with van der Waals surface area (Å²) in [5.74, 6) is -1.71. The monoisotopic (exact) mass is 423 g/mol. The van der Waals surface area contributed by atoms with E-state index >= 15 is 0 Å². The third kappa shape index (κ3) is 3.73. The predicted molar refractivity (Wildman–Crippen MR) is 111 cm³/mol. The van der Waals surface area contributed by atoms with Crippen LogP contribution >= 0.6 is 0 Å². The second kappa shape index (κ2) is 9.22. The highest BCUT2D eigenvalue weighted by molar-refractivity contribution is 5.99. The zero-order valence-electron chi connectivity index (χ0n) is 18.6.